The summed E-state index contributed by atoms with van der Waals surface area (Å²) in [5, 5.41) is 109. The number of ether oxygens (including phenoxy) is 8. The minimum Gasteiger partial charge on any atom is -0.494 e. The van der Waals surface area contributed by atoms with Crippen molar-refractivity contribution in [2.24, 2.45) is 0 Å². The van der Waals surface area contributed by atoms with Crippen LogP contribution >= 0.6 is 0 Å². The molecule has 4 aliphatic heterocycles. The molecule has 0 bridgehead atoms. The van der Waals surface area contributed by atoms with Crippen LogP contribution < -0.4 is 26.0 Å². The van der Waals surface area contributed by atoms with Gasteiger partial charge < -0.3 is 105 Å². The van der Waals surface area contributed by atoms with Gasteiger partial charge in [-0.2, -0.15) is 0 Å². The Hall–Kier alpha value is -4.00. The number of carbonyl (C=O) groups is 4. The molecule has 20 atom stereocenters. The molecule has 0 aromatic heterocycles. The molecule has 0 aliphatic carbocycles. The lowest BCUT2D eigenvalue weighted by molar-refractivity contribution is -0.361. The van der Waals surface area contributed by atoms with Crippen molar-refractivity contribution in [1.82, 2.24) is 21.3 Å². The third kappa shape index (κ3) is 16.0. The summed E-state index contributed by atoms with van der Waals surface area (Å²) in [4.78, 5) is 51.0. The zero-order chi connectivity index (χ0) is 54.2. The molecular weight excluding hydrogens is 981 g/mol. The Balaban J connectivity index is 1.32. The van der Waals surface area contributed by atoms with Crippen LogP contribution in [0.3, 0.4) is 0 Å². The molecule has 4 heterocycles. The van der Waals surface area contributed by atoms with E-state index >= 15 is 0 Å². The predicted octanol–water partition coefficient (Wildman–Crippen LogP) is -2.78. The number of hydrogen-bond donors (Lipinski definition) is 13. The number of amides is 4. The summed E-state index contributed by atoms with van der Waals surface area (Å²) in [5.41, 5.74) is 0.0917. The third-order valence-electron chi connectivity index (χ3n) is 13.2. The molecule has 4 fully saturated rings. The summed E-state index contributed by atoms with van der Waals surface area (Å²) in [6, 6.07) is 0.0772. The average Bonchev–Trinajstić information content (AvgIpc) is 3.36. The van der Waals surface area contributed by atoms with E-state index in [0.717, 1.165) is 46.5 Å². The highest BCUT2D eigenvalue weighted by Crippen LogP contribution is 2.35. The number of unbranched alkanes of at least 4 members (excludes halogenated alkanes) is 5. The molecule has 5 rings (SSSR count). The molecule has 1 aromatic carbocycles. The smallest absolute Gasteiger partial charge is 0.251 e. The van der Waals surface area contributed by atoms with Crippen LogP contribution in [0.2, 0.25) is 0 Å². The second-order valence-electron chi connectivity index (χ2n) is 18.9. The Morgan fingerprint density at radius 1 is 0.554 bits per heavy atom. The van der Waals surface area contributed by atoms with Gasteiger partial charge in [0.05, 0.1) is 32.5 Å². The maximum atomic E-state index is 13.8. The van der Waals surface area contributed by atoms with Gasteiger partial charge in [-0.3, -0.25) is 19.2 Å². The third-order valence-corrected chi connectivity index (χ3v) is 13.2. The molecule has 4 amide bonds. The molecule has 13 N–H and O–H groups in total. The second-order valence-corrected chi connectivity index (χ2v) is 18.9. The molecule has 25 heteroatoms. The Bertz CT molecular complexity index is 1950. The van der Waals surface area contributed by atoms with E-state index in [4.69, 9.17) is 37.9 Å². The molecule has 4 saturated heterocycles. The number of hydrogen-bond acceptors (Lipinski definition) is 21. The van der Waals surface area contributed by atoms with Crippen molar-refractivity contribution in [1.29, 1.82) is 0 Å². The van der Waals surface area contributed by atoms with Crippen LogP contribution in [0.1, 0.15) is 96.3 Å². The van der Waals surface area contributed by atoms with Crippen LogP contribution in [0, 0.1) is 0 Å². The van der Waals surface area contributed by atoms with Crippen molar-refractivity contribution in [3.63, 3.8) is 0 Å². The monoisotopic (exact) mass is 1060 g/mol. The summed E-state index contributed by atoms with van der Waals surface area (Å²) in [7, 11) is 0. The van der Waals surface area contributed by atoms with Crippen LogP contribution in [-0.4, -0.2) is 219 Å². The SMILES string of the molecule is CCCCCC/C=C\CCCOc1cccc(C(=O)NC2[C@H](O[C@H]3C(O)C(NC(C)=O)[C@H](O[C@@H]4C(CO)O[C@@H](O[C@H]5C(O)C(NC(C)=O)[C@H](O)O[C@H]5CC)C(NC(C)=O)[C@H]4O)O[C@H]3CO)OC(CO)[C@@H](O)[C@@H]2O)c1. The summed E-state index contributed by atoms with van der Waals surface area (Å²) < 4.78 is 48.0. The van der Waals surface area contributed by atoms with Gasteiger partial charge in [-0.15, -0.1) is 0 Å². The standard InChI is InChI=1S/C49H78N4O21/c1-6-8-9-10-11-12-13-14-15-19-67-28-18-16-17-27(20-28)45(65)53-34-38(61)37(60)30(21-54)69-47(34)73-43-31(22-55)71-49(36(41(43)64)52-26(5)59)74-44-32(23-56)70-48(35(40(44)63)51-25(4)58)72-42-29(7-2)68-46(66)33(39(42)62)50-24(3)57/h12-13,16-18,20,29-44,46-49,54-56,60-64,66H,6-11,14-15,19,21-23H2,1-5H3,(H,50,57)(H,51,58)(H,52,59)(H,53,65)/b13-12-/t29-,30?,31-,32?,33?,34?,35?,36?,37+,38+,39?,40+,41?,42+,43+,44+,46+,47-,48-,49-/m0/s1. The number of benzene rings is 1. The van der Waals surface area contributed by atoms with Crippen molar-refractivity contribution in [2.75, 3.05) is 26.4 Å². The Labute approximate surface area is 429 Å². The lowest BCUT2D eigenvalue weighted by Gasteiger charge is -2.51. The van der Waals surface area contributed by atoms with Gasteiger partial charge >= 0.3 is 0 Å². The summed E-state index contributed by atoms with van der Waals surface area (Å²) >= 11 is 0. The second kappa shape index (κ2) is 29.5. The Kier molecular flexibility index (Phi) is 24.3. The quantitative estimate of drug-likeness (QED) is 0.0348. The van der Waals surface area contributed by atoms with Crippen molar-refractivity contribution in [3.8, 4) is 5.75 Å². The van der Waals surface area contributed by atoms with Gasteiger partial charge in [0.25, 0.3) is 5.91 Å². The van der Waals surface area contributed by atoms with Gasteiger partial charge in [0.15, 0.2) is 25.2 Å². The highest BCUT2D eigenvalue weighted by atomic mass is 16.8. The molecule has 0 spiro atoms. The zero-order valence-corrected chi connectivity index (χ0v) is 42.4. The minimum atomic E-state index is -1.91. The summed E-state index contributed by atoms with van der Waals surface area (Å²) in [6.45, 7) is 4.93. The molecule has 25 nitrogen and oxygen atoms in total. The van der Waals surface area contributed by atoms with Crippen LogP contribution in [-0.2, 0) is 47.5 Å². The van der Waals surface area contributed by atoms with E-state index in [2.05, 4.69) is 40.3 Å². The number of aliphatic hydroxyl groups is 9. The summed E-state index contributed by atoms with van der Waals surface area (Å²) in [6.07, 6.45) is -14.4. The molecule has 8 unspecified atom stereocenters. The first-order valence-corrected chi connectivity index (χ1v) is 25.4. The highest BCUT2D eigenvalue weighted by Gasteiger charge is 2.56. The van der Waals surface area contributed by atoms with E-state index < -0.39 is 166 Å². The number of nitrogens with one attached hydrogen (secondary N) is 4. The number of allylic oxidation sites excluding steroid dienone is 2. The van der Waals surface area contributed by atoms with E-state index in [0.29, 0.717) is 12.4 Å². The van der Waals surface area contributed by atoms with E-state index in [9.17, 15) is 65.1 Å². The normalized spacial score (nSPS) is 36.5. The minimum absolute atomic E-state index is 0.0917. The molecule has 74 heavy (non-hydrogen) atoms. The fourth-order valence-electron chi connectivity index (χ4n) is 9.40. The maximum Gasteiger partial charge on any atom is 0.251 e. The van der Waals surface area contributed by atoms with E-state index in [-0.39, 0.29) is 12.0 Å². The van der Waals surface area contributed by atoms with Crippen LogP contribution in [0.4, 0.5) is 0 Å². The van der Waals surface area contributed by atoms with Crippen molar-refractivity contribution < 1.29 is 103 Å². The van der Waals surface area contributed by atoms with Gasteiger partial charge in [-0.25, -0.2) is 0 Å². The average molecular weight is 1060 g/mol. The number of carbonyl (C=O) groups excluding carboxylic acids is 4. The molecular formula is C49H78N4O21. The lowest BCUT2D eigenvalue weighted by Crippen LogP contribution is -2.71. The van der Waals surface area contributed by atoms with E-state index in [1.165, 1.54) is 31.4 Å². The van der Waals surface area contributed by atoms with Gasteiger partial charge in [0.2, 0.25) is 17.7 Å². The number of rotatable bonds is 25. The van der Waals surface area contributed by atoms with Crippen LogP contribution in [0.25, 0.3) is 0 Å². The van der Waals surface area contributed by atoms with Crippen molar-refractivity contribution >= 4 is 23.6 Å². The summed E-state index contributed by atoms with van der Waals surface area (Å²) in [5.74, 6) is -2.43. The van der Waals surface area contributed by atoms with E-state index in [1.54, 1.807) is 19.1 Å². The van der Waals surface area contributed by atoms with Gasteiger partial charge in [0.1, 0.15) is 97.1 Å². The first-order valence-electron chi connectivity index (χ1n) is 25.4. The topological polar surface area (TPSA) is 372 Å². The lowest BCUT2D eigenvalue weighted by atomic mass is 9.92. The molecule has 4 aliphatic rings. The van der Waals surface area contributed by atoms with Crippen LogP contribution in [0.5, 0.6) is 5.75 Å². The Morgan fingerprint density at radius 3 is 1.53 bits per heavy atom. The highest BCUT2D eigenvalue weighted by molar-refractivity contribution is 5.94. The first kappa shape index (κ1) is 60.9. The van der Waals surface area contributed by atoms with Crippen LogP contribution in [0.15, 0.2) is 36.4 Å². The fraction of sp³-hybridized carbons (Fsp3) is 0.755. The molecule has 0 saturated carbocycles. The zero-order valence-electron chi connectivity index (χ0n) is 42.4. The Morgan fingerprint density at radius 2 is 1.03 bits per heavy atom. The predicted molar refractivity (Wildman–Crippen MR) is 256 cm³/mol. The van der Waals surface area contributed by atoms with Crippen molar-refractivity contribution in [3.05, 3.63) is 42.0 Å². The number of aliphatic hydroxyl groups excluding tert-OH is 9. The van der Waals surface area contributed by atoms with Crippen molar-refractivity contribution in [2.45, 2.75) is 209 Å². The first-order chi connectivity index (χ1) is 35.4. The molecule has 420 valence electrons. The van der Waals surface area contributed by atoms with E-state index in [1.807, 2.05) is 0 Å². The largest absolute Gasteiger partial charge is 0.494 e. The maximum absolute atomic E-state index is 13.8. The molecule has 0 radical (unpaired) electrons. The molecule has 1 aromatic rings. The van der Waals surface area contributed by atoms with Gasteiger partial charge in [-0.1, -0.05) is 51.3 Å². The van der Waals surface area contributed by atoms with Gasteiger partial charge in [-0.05, 0) is 50.3 Å². The fourth-order valence-corrected chi connectivity index (χ4v) is 9.40. The van der Waals surface area contributed by atoms with Gasteiger partial charge in [0, 0.05) is 26.3 Å².